The zero-order valence-corrected chi connectivity index (χ0v) is 19.5. The minimum absolute atomic E-state index is 0.0563. The van der Waals surface area contributed by atoms with E-state index < -0.39 is 36.1 Å². The van der Waals surface area contributed by atoms with Gasteiger partial charge in [0.05, 0.1) is 26.2 Å². The van der Waals surface area contributed by atoms with Gasteiger partial charge in [-0.25, -0.2) is 9.59 Å². The summed E-state index contributed by atoms with van der Waals surface area (Å²) < 4.78 is 52.7. The van der Waals surface area contributed by atoms with Crippen molar-refractivity contribution in [3.63, 3.8) is 0 Å². The Morgan fingerprint density at radius 2 is 1.68 bits per heavy atom. The first-order chi connectivity index (χ1) is 16.1. The van der Waals surface area contributed by atoms with Gasteiger partial charge in [0.15, 0.2) is 0 Å². The summed E-state index contributed by atoms with van der Waals surface area (Å²) in [5.41, 5.74) is -2.61. The van der Waals surface area contributed by atoms with Crippen molar-refractivity contribution in [2.24, 2.45) is 0 Å². The highest BCUT2D eigenvalue weighted by Crippen LogP contribution is 2.42. The number of esters is 2. The van der Waals surface area contributed by atoms with Crippen molar-refractivity contribution in [1.82, 2.24) is 5.32 Å². The van der Waals surface area contributed by atoms with Gasteiger partial charge in [0.2, 0.25) is 5.91 Å². The quantitative estimate of drug-likeness (QED) is 0.341. The van der Waals surface area contributed by atoms with E-state index in [9.17, 15) is 27.6 Å². The normalized spacial score (nSPS) is 15.3. The number of ether oxygens (including phenoxy) is 2. The van der Waals surface area contributed by atoms with Crippen LogP contribution in [-0.4, -0.2) is 43.9 Å². The molecular formula is C23H25F3N2O5S. The van der Waals surface area contributed by atoms with Gasteiger partial charge in [-0.2, -0.15) is 13.2 Å². The third-order valence-corrected chi connectivity index (χ3v) is 6.77. The van der Waals surface area contributed by atoms with Crippen molar-refractivity contribution in [2.75, 3.05) is 19.5 Å². The summed E-state index contributed by atoms with van der Waals surface area (Å²) in [6, 6.07) is 8.13. The van der Waals surface area contributed by atoms with E-state index >= 15 is 0 Å². The molecule has 1 aromatic heterocycles. The van der Waals surface area contributed by atoms with Gasteiger partial charge >= 0.3 is 23.8 Å². The minimum atomic E-state index is -5.30. The van der Waals surface area contributed by atoms with Gasteiger partial charge in [0.1, 0.15) is 5.00 Å². The fraction of sp³-hybridized carbons (Fsp3) is 0.435. The number of hydrogen-bond donors (Lipinski definition) is 2. The number of aryl methyl sites for hydroxylation is 1. The van der Waals surface area contributed by atoms with E-state index in [0.29, 0.717) is 24.0 Å². The molecule has 0 saturated heterocycles. The highest BCUT2D eigenvalue weighted by atomic mass is 32.1. The Hall–Kier alpha value is -3.08. The molecule has 1 aliphatic carbocycles. The molecule has 2 aromatic rings. The smallest absolute Gasteiger partial charge is 0.441 e. The Balaban J connectivity index is 2.06. The number of rotatable bonds is 7. The molecule has 0 radical (unpaired) electrons. The lowest BCUT2D eigenvalue weighted by molar-refractivity contribution is -0.206. The molecule has 7 nitrogen and oxygen atoms in total. The van der Waals surface area contributed by atoms with Crippen LogP contribution in [0.4, 0.5) is 18.2 Å². The predicted octanol–water partition coefficient (Wildman–Crippen LogP) is 4.01. The van der Waals surface area contributed by atoms with E-state index in [4.69, 9.17) is 4.74 Å². The lowest BCUT2D eigenvalue weighted by atomic mass is 10.0. The maximum atomic E-state index is 14.5. The molecule has 1 amide bonds. The Labute approximate surface area is 198 Å². The molecule has 1 atom stereocenters. The van der Waals surface area contributed by atoms with Crippen LogP contribution in [0.5, 0.6) is 0 Å². The van der Waals surface area contributed by atoms with Gasteiger partial charge in [-0.3, -0.25) is 4.79 Å². The van der Waals surface area contributed by atoms with E-state index in [-0.39, 0.29) is 10.6 Å². The molecule has 184 valence electrons. The number of amides is 1. The van der Waals surface area contributed by atoms with Gasteiger partial charge in [-0.15, -0.1) is 11.3 Å². The molecule has 11 heteroatoms. The topological polar surface area (TPSA) is 93.7 Å². The van der Waals surface area contributed by atoms with E-state index in [0.717, 1.165) is 49.7 Å². The Bertz CT molecular complexity index is 1050. The van der Waals surface area contributed by atoms with Gasteiger partial charge in [-0.05, 0) is 36.8 Å². The molecule has 1 heterocycles. The first-order valence-electron chi connectivity index (χ1n) is 10.6. The zero-order valence-electron chi connectivity index (χ0n) is 18.7. The molecule has 0 aliphatic heterocycles. The Morgan fingerprint density at radius 3 is 2.29 bits per heavy atom. The van der Waals surface area contributed by atoms with E-state index in [1.807, 2.05) is 0 Å². The maximum absolute atomic E-state index is 14.5. The van der Waals surface area contributed by atoms with Gasteiger partial charge in [0, 0.05) is 4.88 Å². The molecule has 0 bridgehead atoms. The summed E-state index contributed by atoms with van der Waals surface area (Å²) in [6.07, 6.45) is -2.11. The minimum Gasteiger partial charge on any atom is -0.466 e. The summed E-state index contributed by atoms with van der Waals surface area (Å²) in [6.45, 7) is 0. The average Bonchev–Trinajstić information content (AvgIpc) is 2.97. The number of carbonyl (C=O) groups excluding carboxylic acids is 3. The van der Waals surface area contributed by atoms with E-state index in [2.05, 4.69) is 10.1 Å². The van der Waals surface area contributed by atoms with Crippen LogP contribution in [0.25, 0.3) is 0 Å². The Kier molecular flexibility index (Phi) is 7.86. The van der Waals surface area contributed by atoms with Crippen LogP contribution in [-0.2, 0) is 38.3 Å². The third-order valence-electron chi connectivity index (χ3n) is 5.56. The van der Waals surface area contributed by atoms with Crippen LogP contribution in [0.2, 0.25) is 0 Å². The number of hydrogen-bond acceptors (Lipinski definition) is 7. The molecule has 0 saturated carbocycles. The number of nitrogens with one attached hydrogen (secondary N) is 2. The largest absolute Gasteiger partial charge is 0.466 e. The molecule has 3 rings (SSSR count). The number of benzene rings is 1. The van der Waals surface area contributed by atoms with Gasteiger partial charge in [-0.1, -0.05) is 36.8 Å². The number of carbonyl (C=O) groups is 3. The number of halogens is 3. The first-order valence-corrected chi connectivity index (χ1v) is 11.5. The number of fused-ring (bicyclic) bond motifs is 1. The molecule has 0 spiro atoms. The van der Waals surface area contributed by atoms with Gasteiger partial charge < -0.3 is 20.1 Å². The third kappa shape index (κ3) is 5.19. The van der Waals surface area contributed by atoms with Crippen LogP contribution >= 0.6 is 11.3 Å². The number of thiophene rings is 1. The maximum Gasteiger partial charge on any atom is 0.441 e. The van der Waals surface area contributed by atoms with Crippen molar-refractivity contribution in [2.45, 2.75) is 50.4 Å². The van der Waals surface area contributed by atoms with Crippen molar-refractivity contribution in [3.8, 4) is 0 Å². The highest BCUT2D eigenvalue weighted by Gasteiger charge is 2.64. The average molecular weight is 499 g/mol. The summed E-state index contributed by atoms with van der Waals surface area (Å²) in [5.74, 6) is -3.64. The number of methoxy groups -OCH3 is 2. The fourth-order valence-electron chi connectivity index (χ4n) is 3.90. The highest BCUT2D eigenvalue weighted by molar-refractivity contribution is 7.16. The molecule has 0 fully saturated rings. The second-order valence-electron chi connectivity index (χ2n) is 7.84. The molecule has 1 aromatic carbocycles. The zero-order chi connectivity index (χ0) is 24.9. The van der Waals surface area contributed by atoms with Crippen LogP contribution < -0.4 is 10.6 Å². The van der Waals surface area contributed by atoms with Crippen molar-refractivity contribution >= 4 is 34.2 Å². The summed E-state index contributed by atoms with van der Waals surface area (Å²) >= 11 is 0.950. The lowest BCUT2D eigenvalue weighted by Gasteiger charge is -2.34. The van der Waals surface area contributed by atoms with Crippen molar-refractivity contribution < 1.29 is 37.0 Å². The lowest BCUT2D eigenvalue weighted by Crippen LogP contribution is -2.69. The van der Waals surface area contributed by atoms with Gasteiger partial charge in [0.25, 0.3) is 0 Å². The van der Waals surface area contributed by atoms with Crippen molar-refractivity contribution in [1.29, 1.82) is 0 Å². The fourth-order valence-corrected chi connectivity index (χ4v) is 5.23. The Morgan fingerprint density at radius 1 is 1.00 bits per heavy atom. The van der Waals surface area contributed by atoms with E-state index in [1.54, 1.807) is 35.6 Å². The first kappa shape index (κ1) is 25.5. The second-order valence-corrected chi connectivity index (χ2v) is 8.94. The van der Waals surface area contributed by atoms with Crippen LogP contribution in [0.1, 0.15) is 45.6 Å². The molecular weight excluding hydrogens is 473 g/mol. The molecule has 34 heavy (non-hydrogen) atoms. The molecule has 0 unspecified atom stereocenters. The summed E-state index contributed by atoms with van der Waals surface area (Å²) in [4.78, 5) is 38.6. The second kappa shape index (κ2) is 10.5. The standard InChI is InChI=1S/C23H25F3N2O5S/c1-32-20(30)18-15-11-7-4-8-12-16(15)34-19(18)28-22(21(31)33-2,23(24,25)26)27-17(29)13-14-9-5-3-6-10-14/h3,5-6,9-10,28H,4,7-8,11-13H2,1-2H3,(H,27,29)/t22-/m0/s1. The summed E-state index contributed by atoms with van der Waals surface area (Å²) in [7, 11) is 1.92. The van der Waals surface area contributed by atoms with Crippen molar-refractivity contribution in [3.05, 3.63) is 51.9 Å². The number of alkyl halides is 3. The molecule has 1 aliphatic rings. The summed E-state index contributed by atoms with van der Waals surface area (Å²) in [5, 5.41) is 3.74. The van der Waals surface area contributed by atoms with Crippen LogP contribution in [0, 0.1) is 0 Å². The molecule has 2 N–H and O–H groups in total. The SMILES string of the molecule is COC(=O)c1c(N[C@@](NC(=O)Cc2ccccc2)(C(=O)OC)C(F)(F)F)sc2c1CCCCC2. The van der Waals surface area contributed by atoms with E-state index in [1.165, 1.54) is 0 Å². The number of anilines is 1. The predicted molar refractivity (Wildman–Crippen MR) is 120 cm³/mol. The monoisotopic (exact) mass is 498 g/mol. The van der Waals surface area contributed by atoms with Crippen LogP contribution in [0.3, 0.4) is 0 Å². The van der Waals surface area contributed by atoms with Crippen LogP contribution in [0.15, 0.2) is 30.3 Å².